The van der Waals surface area contributed by atoms with E-state index in [2.05, 4.69) is 59.9 Å². The summed E-state index contributed by atoms with van der Waals surface area (Å²) >= 11 is 1.79. The Kier molecular flexibility index (Phi) is 7.53. The summed E-state index contributed by atoms with van der Waals surface area (Å²) in [6, 6.07) is 2.34. The number of aryl methyl sites for hydroxylation is 2. The van der Waals surface area contributed by atoms with E-state index in [4.69, 9.17) is 0 Å². The maximum absolute atomic E-state index is 12.6. The average Bonchev–Trinajstić information content (AvgIpc) is 3.27. The molecule has 0 saturated carbocycles. The number of hydrogen-bond acceptors (Lipinski definition) is 4. The van der Waals surface area contributed by atoms with Crippen LogP contribution in [0.2, 0.25) is 0 Å². The largest absolute Gasteiger partial charge is 0.357 e. The predicted molar refractivity (Wildman–Crippen MR) is 123 cm³/mol. The second-order valence-corrected chi connectivity index (χ2v) is 8.97. The fourth-order valence-corrected chi connectivity index (χ4v) is 4.80. The van der Waals surface area contributed by atoms with Crippen LogP contribution in [0, 0.1) is 13.8 Å². The third-order valence-corrected chi connectivity index (χ3v) is 6.68. The first kappa shape index (κ1) is 22.3. The highest BCUT2D eigenvalue weighted by molar-refractivity contribution is 7.10. The second kappa shape index (κ2) is 10.1. The van der Waals surface area contributed by atoms with Gasteiger partial charge < -0.3 is 15.5 Å². The summed E-state index contributed by atoms with van der Waals surface area (Å²) in [5.41, 5.74) is 4.85. The Morgan fingerprint density at radius 3 is 2.90 bits per heavy atom. The van der Waals surface area contributed by atoms with Crippen LogP contribution >= 0.6 is 11.3 Å². The molecule has 1 aliphatic rings. The quantitative estimate of drug-likeness (QED) is 0.523. The number of carbonyl (C=O) groups is 1. The van der Waals surface area contributed by atoms with Gasteiger partial charge in [0, 0.05) is 49.7 Å². The molecular formula is C22H34N6OS. The summed E-state index contributed by atoms with van der Waals surface area (Å²) in [4.78, 5) is 20.6. The first-order valence-electron chi connectivity index (χ1n) is 10.8. The van der Waals surface area contributed by atoms with Crippen LogP contribution in [0.25, 0.3) is 0 Å². The topological polar surface area (TPSA) is 74.6 Å². The summed E-state index contributed by atoms with van der Waals surface area (Å²) < 4.78 is 1.93. The predicted octanol–water partition coefficient (Wildman–Crippen LogP) is 2.56. The highest BCUT2D eigenvalue weighted by Gasteiger charge is 2.21. The van der Waals surface area contributed by atoms with Gasteiger partial charge in [0.25, 0.3) is 0 Å². The summed E-state index contributed by atoms with van der Waals surface area (Å²) in [5, 5.41) is 13.4. The molecule has 0 aliphatic carbocycles. The summed E-state index contributed by atoms with van der Waals surface area (Å²) in [7, 11) is 1.98. The number of carbonyl (C=O) groups excluding carboxylic acids is 1. The smallest absolute Gasteiger partial charge is 0.224 e. The van der Waals surface area contributed by atoms with E-state index < -0.39 is 0 Å². The van der Waals surface area contributed by atoms with E-state index in [1.165, 1.54) is 21.7 Å². The number of fused-ring (bicyclic) bond motifs is 1. The molecular weight excluding hydrogens is 396 g/mol. The van der Waals surface area contributed by atoms with Crippen LogP contribution in [-0.2, 0) is 31.2 Å². The molecule has 1 atom stereocenters. The van der Waals surface area contributed by atoms with Crippen molar-refractivity contribution in [1.82, 2.24) is 25.3 Å². The van der Waals surface area contributed by atoms with Crippen LogP contribution in [0.4, 0.5) is 0 Å². The molecule has 0 bridgehead atoms. The number of hydrogen-bond donors (Lipinski definition) is 2. The van der Waals surface area contributed by atoms with Crippen molar-refractivity contribution in [3.05, 3.63) is 38.8 Å². The molecule has 0 radical (unpaired) electrons. The minimum atomic E-state index is 0.182. The van der Waals surface area contributed by atoms with Gasteiger partial charge in [0.2, 0.25) is 5.91 Å². The number of amides is 1. The van der Waals surface area contributed by atoms with Gasteiger partial charge in [-0.05, 0) is 63.1 Å². The van der Waals surface area contributed by atoms with Gasteiger partial charge in [-0.3, -0.25) is 14.5 Å². The standard InChI is InChI=1S/C22H34N6OS/c1-6-23-22(25-15(2)13-19-16(3)26-27(5)17(19)4)24-10-7-21(29)28-11-8-20-18(14-28)9-12-30-20/h9,12,15H,6-8,10-11,13-14H2,1-5H3,(H2,23,24,25). The molecule has 7 nitrogen and oxygen atoms in total. The second-order valence-electron chi connectivity index (χ2n) is 7.97. The van der Waals surface area contributed by atoms with Gasteiger partial charge in [0.15, 0.2) is 5.96 Å². The Labute approximate surface area is 183 Å². The monoisotopic (exact) mass is 430 g/mol. The Morgan fingerprint density at radius 1 is 1.40 bits per heavy atom. The molecule has 2 aromatic heterocycles. The molecule has 1 unspecified atom stereocenters. The van der Waals surface area contributed by atoms with E-state index in [1.807, 2.05) is 16.6 Å². The third-order valence-electron chi connectivity index (χ3n) is 5.65. The molecule has 8 heteroatoms. The molecule has 3 heterocycles. The number of aliphatic imine (C=N–C) groups is 1. The number of aromatic nitrogens is 2. The van der Waals surface area contributed by atoms with Gasteiger partial charge in [-0.2, -0.15) is 5.10 Å². The number of nitrogens with zero attached hydrogens (tertiary/aromatic N) is 4. The lowest BCUT2D eigenvalue weighted by Crippen LogP contribution is -2.43. The van der Waals surface area contributed by atoms with Gasteiger partial charge in [-0.1, -0.05) is 0 Å². The van der Waals surface area contributed by atoms with E-state index in [-0.39, 0.29) is 11.9 Å². The van der Waals surface area contributed by atoms with Crippen molar-refractivity contribution >= 4 is 23.2 Å². The molecule has 3 rings (SSSR count). The maximum atomic E-state index is 12.6. The average molecular weight is 431 g/mol. The van der Waals surface area contributed by atoms with E-state index in [9.17, 15) is 4.79 Å². The van der Waals surface area contributed by atoms with Crippen LogP contribution in [0.15, 0.2) is 16.4 Å². The Morgan fingerprint density at radius 2 is 2.20 bits per heavy atom. The SMILES string of the molecule is CCNC(=NCCC(=O)N1CCc2sccc2C1)NC(C)Cc1c(C)nn(C)c1C. The fraction of sp³-hybridized carbons (Fsp3) is 0.591. The lowest BCUT2D eigenvalue weighted by molar-refractivity contribution is -0.131. The Bertz CT molecular complexity index is 900. The van der Waals surface area contributed by atoms with Gasteiger partial charge >= 0.3 is 0 Å². The molecule has 0 spiro atoms. The van der Waals surface area contributed by atoms with Crippen molar-refractivity contribution in [3.8, 4) is 0 Å². The van der Waals surface area contributed by atoms with Crippen molar-refractivity contribution in [3.63, 3.8) is 0 Å². The number of nitrogens with one attached hydrogen (secondary N) is 2. The van der Waals surface area contributed by atoms with E-state index >= 15 is 0 Å². The summed E-state index contributed by atoms with van der Waals surface area (Å²) in [6.07, 6.45) is 2.29. The van der Waals surface area contributed by atoms with Crippen molar-refractivity contribution in [2.45, 2.75) is 59.5 Å². The minimum Gasteiger partial charge on any atom is -0.357 e. The molecule has 0 aromatic carbocycles. The van der Waals surface area contributed by atoms with E-state index in [0.717, 1.165) is 44.1 Å². The van der Waals surface area contributed by atoms with Crippen molar-refractivity contribution in [2.24, 2.45) is 12.0 Å². The maximum Gasteiger partial charge on any atom is 0.224 e. The lowest BCUT2D eigenvalue weighted by Gasteiger charge is -2.27. The summed E-state index contributed by atoms with van der Waals surface area (Å²) in [6.45, 7) is 11.2. The van der Waals surface area contributed by atoms with Crippen LogP contribution in [0.5, 0.6) is 0 Å². The molecule has 164 valence electrons. The molecule has 0 fully saturated rings. The van der Waals surface area contributed by atoms with Gasteiger partial charge in [0.05, 0.1) is 12.2 Å². The molecule has 30 heavy (non-hydrogen) atoms. The minimum absolute atomic E-state index is 0.182. The fourth-order valence-electron chi connectivity index (χ4n) is 3.91. The van der Waals surface area contributed by atoms with Crippen LogP contribution in [0.1, 0.15) is 47.7 Å². The van der Waals surface area contributed by atoms with E-state index in [0.29, 0.717) is 13.0 Å². The van der Waals surface area contributed by atoms with Gasteiger partial charge in [-0.25, -0.2) is 0 Å². The lowest BCUT2D eigenvalue weighted by atomic mass is 10.1. The molecule has 2 N–H and O–H groups in total. The van der Waals surface area contributed by atoms with E-state index in [1.54, 1.807) is 11.3 Å². The highest BCUT2D eigenvalue weighted by atomic mass is 32.1. The van der Waals surface area contributed by atoms with Crippen LogP contribution in [0.3, 0.4) is 0 Å². The first-order chi connectivity index (χ1) is 14.4. The Hall–Kier alpha value is -2.35. The van der Waals surface area contributed by atoms with Crippen molar-refractivity contribution < 1.29 is 4.79 Å². The zero-order valence-corrected chi connectivity index (χ0v) is 19.6. The molecule has 2 aromatic rings. The normalized spacial score (nSPS) is 15.1. The Balaban J connectivity index is 1.52. The summed E-state index contributed by atoms with van der Waals surface area (Å²) in [5.74, 6) is 0.942. The van der Waals surface area contributed by atoms with Crippen LogP contribution < -0.4 is 10.6 Å². The number of guanidine groups is 1. The number of rotatable bonds is 7. The highest BCUT2D eigenvalue weighted by Crippen LogP contribution is 2.24. The molecule has 1 aliphatic heterocycles. The zero-order valence-electron chi connectivity index (χ0n) is 18.8. The number of thiophene rings is 1. The van der Waals surface area contributed by atoms with Gasteiger partial charge in [-0.15, -0.1) is 11.3 Å². The van der Waals surface area contributed by atoms with Crippen molar-refractivity contribution in [2.75, 3.05) is 19.6 Å². The first-order valence-corrected chi connectivity index (χ1v) is 11.6. The molecule has 0 saturated heterocycles. The zero-order chi connectivity index (χ0) is 21.7. The van der Waals surface area contributed by atoms with Gasteiger partial charge in [0.1, 0.15) is 0 Å². The van der Waals surface area contributed by atoms with Crippen molar-refractivity contribution in [1.29, 1.82) is 0 Å². The third kappa shape index (κ3) is 5.41. The van der Waals surface area contributed by atoms with Crippen LogP contribution in [-0.4, -0.2) is 52.2 Å². The molecule has 1 amide bonds.